The summed E-state index contributed by atoms with van der Waals surface area (Å²) in [4.78, 5) is 32.8. The number of amides is 1. The molecule has 0 saturated carbocycles. The lowest BCUT2D eigenvalue weighted by molar-refractivity contribution is -0.108. The Morgan fingerprint density at radius 3 is 2.39 bits per heavy atom. The normalized spacial score (nSPS) is 12.2. The van der Waals surface area contributed by atoms with Gasteiger partial charge in [-0.25, -0.2) is 14.8 Å². The molecule has 1 amide bonds. The first-order valence-electron chi connectivity index (χ1n) is 12.9. The van der Waals surface area contributed by atoms with E-state index in [9.17, 15) is 9.59 Å². The maximum Gasteiger partial charge on any atom is 0.413 e. The first-order valence-corrected chi connectivity index (χ1v) is 12.9. The number of carbonyl (C=O) groups excluding carboxylic acids is 2. The van der Waals surface area contributed by atoms with Crippen LogP contribution in [0.1, 0.15) is 59.4 Å². The van der Waals surface area contributed by atoms with E-state index in [-0.39, 0.29) is 6.04 Å². The number of hydrogen-bond acceptors (Lipinski definition) is 6. The third-order valence-corrected chi connectivity index (χ3v) is 6.01. The average molecular weight is 515 g/mol. The smallest absolute Gasteiger partial charge is 0.413 e. The van der Waals surface area contributed by atoms with Gasteiger partial charge in [-0.3, -0.25) is 5.32 Å². The highest BCUT2D eigenvalue weighted by Gasteiger charge is 2.23. The Bertz CT molecular complexity index is 1380. The lowest BCUT2D eigenvalue weighted by Gasteiger charge is -2.20. The van der Waals surface area contributed by atoms with E-state index in [0.717, 1.165) is 36.0 Å². The molecule has 2 aromatic heterocycles. The van der Waals surface area contributed by atoms with Crippen molar-refractivity contribution >= 4 is 29.2 Å². The van der Waals surface area contributed by atoms with Crippen LogP contribution in [0.25, 0.3) is 22.2 Å². The van der Waals surface area contributed by atoms with E-state index in [1.165, 1.54) is 6.33 Å². The first kappa shape index (κ1) is 26.9. The largest absolute Gasteiger partial charge is 0.457 e. The van der Waals surface area contributed by atoms with Crippen LogP contribution >= 0.6 is 0 Å². The molecule has 4 rings (SSSR count). The fraction of sp³-hybridized carbons (Fsp3) is 0.333. The molecule has 2 aromatic carbocycles. The van der Waals surface area contributed by atoms with Gasteiger partial charge in [-0.05, 0) is 63.4 Å². The van der Waals surface area contributed by atoms with E-state index < -0.39 is 11.7 Å². The Labute approximate surface area is 223 Å². The number of nitrogens with one attached hydrogen (secondary N) is 1. The number of para-hydroxylation sites is 1. The van der Waals surface area contributed by atoms with Crippen LogP contribution in [0.15, 0.2) is 67.1 Å². The molecule has 4 aromatic rings. The van der Waals surface area contributed by atoms with Crippen molar-refractivity contribution in [2.75, 3.05) is 5.32 Å². The van der Waals surface area contributed by atoms with Crippen molar-refractivity contribution < 1.29 is 19.1 Å². The van der Waals surface area contributed by atoms with E-state index in [1.807, 2.05) is 81.6 Å². The summed E-state index contributed by atoms with van der Waals surface area (Å²) in [6.07, 6.45) is 6.84. The van der Waals surface area contributed by atoms with Crippen molar-refractivity contribution in [1.82, 2.24) is 14.5 Å². The van der Waals surface area contributed by atoms with Gasteiger partial charge in [-0.2, -0.15) is 0 Å². The van der Waals surface area contributed by atoms with Crippen LogP contribution in [0, 0.1) is 0 Å². The molecule has 0 saturated heterocycles. The molecule has 0 aliphatic rings. The number of ether oxygens (including phenoxy) is 2. The zero-order valence-electron chi connectivity index (χ0n) is 22.3. The van der Waals surface area contributed by atoms with E-state index in [1.54, 1.807) is 0 Å². The molecule has 8 heteroatoms. The minimum Gasteiger partial charge on any atom is -0.457 e. The molecule has 1 atom stereocenters. The van der Waals surface area contributed by atoms with E-state index in [4.69, 9.17) is 9.47 Å². The van der Waals surface area contributed by atoms with Gasteiger partial charge in [0.25, 0.3) is 0 Å². The second-order valence-electron chi connectivity index (χ2n) is 10.1. The molecule has 0 bridgehead atoms. The Morgan fingerprint density at radius 2 is 1.74 bits per heavy atom. The third-order valence-electron chi connectivity index (χ3n) is 6.01. The SMILES string of the molecule is CCCC(CCC=O)n1cc(-c2ccc(Oc3ccccc3)cc2)c2c(NC(=O)OC(C)(C)C)ncnc21. The van der Waals surface area contributed by atoms with Crippen molar-refractivity contribution in [3.05, 3.63) is 67.1 Å². The molecule has 0 aliphatic heterocycles. The zero-order chi connectivity index (χ0) is 27.1. The van der Waals surface area contributed by atoms with Crippen molar-refractivity contribution in [2.24, 2.45) is 0 Å². The number of hydrogen-bond donors (Lipinski definition) is 1. The predicted molar refractivity (Wildman–Crippen MR) is 149 cm³/mol. The molecule has 1 unspecified atom stereocenters. The average Bonchev–Trinajstić information content (AvgIpc) is 3.27. The summed E-state index contributed by atoms with van der Waals surface area (Å²) in [6, 6.07) is 17.4. The quantitative estimate of drug-likeness (QED) is 0.219. The Hall–Kier alpha value is -4.20. The van der Waals surface area contributed by atoms with Gasteiger partial charge in [0.1, 0.15) is 41.2 Å². The minimum atomic E-state index is -0.652. The van der Waals surface area contributed by atoms with Crippen molar-refractivity contribution in [1.29, 1.82) is 0 Å². The minimum absolute atomic E-state index is 0.0754. The van der Waals surface area contributed by atoms with Gasteiger partial charge in [0.05, 0.1) is 5.39 Å². The molecule has 38 heavy (non-hydrogen) atoms. The molecule has 2 heterocycles. The van der Waals surface area contributed by atoms with E-state index in [2.05, 4.69) is 26.8 Å². The van der Waals surface area contributed by atoms with Crippen LogP contribution in [-0.4, -0.2) is 32.5 Å². The molecule has 8 nitrogen and oxygen atoms in total. The Morgan fingerprint density at radius 1 is 1.03 bits per heavy atom. The third kappa shape index (κ3) is 6.56. The van der Waals surface area contributed by atoms with Crippen molar-refractivity contribution in [2.45, 2.75) is 65.0 Å². The zero-order valence-corrected chi connectivity index (χ0v) is 22.3. The van der Waals surface area contributed by atoms with Crippen LogP contribution < -0.4 is 10.1 Å². The van der Waals surface area contributed by atoms with Crippen molar-refractivity contribution in [3.63, 3.8) is 0 Å². The monoisotopic (exact) mass is 514 g/mol. The van der Waals surface area contributed by atoms with Gasteiger partial charge in [-0.15, -0.1) is 0 Å². The molecule has 0 aliphatic carbocycles. The fourth-order valence-corrected chi connectivity index (χ4v) is 4.42. The summed E-state index contributed by atoms with van der Waals surface area (Å²) in [7, 11) is 0. The number of aromatic nitrogens is 3. The second-order valence-corrected chi connectivity index (χ2v) is 10.1. The highest BCUT2D eigenvalue weighted by molar-refractivity contribution is 6.05. The number of anilines is 1. The highest BCUT2D eigenvalue weighted by Crippen LogP contribution is 2.38. The van der Waals surface area contributed by atoms with Crippen LogP contribution in [0.2, 0.25) is 0 Å². The molecule has 0 fully saturated rings. The maximum atomic E-state index is 12.7. The number of aldehydes is 1. The second kappa shape index (κ2) is 11.9. The summed E-state index contributed by atoms with van der Waals surface area (Å²) in [6.45, 7) is 7.55. The van der Waals surface area contributed by atoms with E-state index in [0.29, 0.717) is 35.4 Å². The Kier molecular flexibility index (Phi) is 8.41. The van der Waals surface area contributed by atoms with E-state index >= 15 is 0 Å². The molecule has 0 spiro atoms. The summed E-state index contributed by atoms with van der Waals surface area (Å²) >= 11 is 0. The topological polar surface area (TPSA) is 95.3 Å². The maximum absolute atomic E-state index is 12.7. The van der Waals surface area contributed by atoms with Gasteiger partial charge in [-0.1, -0.05) is 43.7 Å². The van der Waals surface area contributed by atoms with Gasteiger partial charge >= 0.3 is 6.09 Å². The Balaban J connectivity index is 1.78. The number of fused-ring (bicyclic) bond motifs is 1. The van der Waals surface area contributed by atoms with Crippen LogP contribution in [0.5, 0.6) is 11.5 Å². The van der Waals surface area contributed by atoms with Gasteiger partial charge < -0.3 is 18.8 Å². The molecule has 1 N–H and O–H groups in total. The van der Waals surface area contributed by atoms with Crippen molar-refractivity contribution in [3.8, 4) is 22.6 Å². The number of carbonyl (C=O) groups is 2. The number of rotatable bonds is 10. The van der Waals surface area contributed by atoms with Crippen LogP contribution in [0.3, 0.4) is 0 Å². The summed E-state index contributed by atoms with van der Waals surface area (Å²) < 4.78 is 13.5. The molecular weight excluding hydrogens is 480 g/mol. The van der Waals surface area contributed by atoms with Gasteiger partial charge in [0, 0.05) is 24.2 Å². The van der Waals surface area contributed by atoms with Gasteiger partial charge in [0.2, 0.25) is 0 Å². The van der Waals surface area contributed by atoms with Gasteiger partial charge in [0.15, 0.2) is 0 Å². The van der Waals surface area contributed by atoms with Crippen LogP contribution in [-0.2, 0) is 9.53 Å². The highest BCUT2D eigenvalue weighted by atomic mass is 16.6. The molecular formula is C30H34N4O4. The summed E-state index contributed by atoms with van der Waals surface area (Å²) in [5.41, 5.74) is 1.82. The number of nitrogens with zero attached hydrogens (tertiary/aromatic N) is 3. The molecule has 198 valence electrons. The molecule has 0 radical (unpaired) electrons. The first-order chi connectivity index (χ1) is 18.3. The lowest BCUT2D eigenvalue weighted by Crippen LogP contribution is -2.27. The summed E-state index contributed by atoms with van der Waals surface area (Å²) in [5, 5.41) is 3.53. The lowest BCUT2D eigenvalue weighted by atomic mass is 10.1. The predicted octanol–water partition coefficient (Wildman–Crippen LogP) is 7.56. The van der Waals surface area contributed by atoms with Crippen LogP contribution in [0.4, 0.5) is 10.6 Å². The standard InChI is InChI=1S/C30H34N4O4/c1-5-10-22(11-9-18-35)34-19-25(21-14-16-24(17-15-21)37-23-12-7-6-8-13-23)26-27(31-20-32-28(26)34)33-29(36)38-30(2,3)4/h6-8,12-20,22H,5,9-11H2,1-4H3,(H,31,32,33,36). The number of benzene rings is 2. The fourth-order valence-electron chi connectivity index (χ4n) is 4.42. The summed E-state index contributed by atoms with van der Waals surface area (Å²) in [5.74, 6) is 1.84.